The molecule has 0 saturated heterocycles. The minimum Gasteiger partial charge on any atom is -0.388 e. The van der Waals surface area contributed by atoms with Crippen LogP contribution in [0.25, 0.3) is 0 Å². The van der Waals surface area contributed by atoms with E-state index in [2.05, 4.69) is 15.9 Å². The Balaban J connectivity index is 2.66. The number of hydrogen-bond donors (Lipinski definition) is 1. The molecule has 90 valence electrons. The van der Waals surface area contributed by atoms with Crippen molar-refractivity contribution in [3.8, 4) is 0 Å². The van der Waals surface area contributed by atoms with Gasteiger partial charge in [-0.25, -0.2) is 0 Å². The maximum Gasteiger partial charge on any atom is 0.389 e. The molecule has 0 aliphatic carbocycles. The van der Waals surface area contributed by atoms with Crippen molar-refractivity contribution in [1.82, 2.24) is 0 Å². The first-order valence-electron chi connectivity index (χ1n) is 4.49. The summed E-state index contributed by atoms with van der Waals surface area (Å²) in [5.41, 5.74) is 0.387. The second-order valence-electron chi connectivity index (χ2n) is 3.34. The standard InChI is InChI=1S/C10H9BrClF3O/c11-7-2-1-6(5-8(7)12)9(16)3-4-10(13,14)15/h1-2,5,9,16H,3-4H2. The van der Waals surface area contributed by atoms with Gasteiger partial charge in [0.2, 0.25) is 0 Å². The van der Waals surface area contributed by atoms with E-state index >= 15 is 0 Å². The number of aliphatic hydroxyl groups excluding tert-OH is 1. The van der Waals surface area contributed by atoms with Crippen molar-refractivity contribution in [3.05, 3.63) is 33.3 Å². The first-order chi connectivity index (χ1) is 7.29. The predicted octanol–water partition coefficient (Wildman–Crippen LogP) is 4.48. The number of hydrogen-bond acceptors (Lipinski definition) is 1. The largest absolute Gasteiger partial charge is 0.389 e. The van der Waals surface area contributed by atoms with Crippen molar-refractivity contribution in [2.45, 2.75) is 25.1 Å². The maximum absolute atomic E-state index is 11.9. The second kappa shape index (κ2) is 5.38. The third kappa shape index (κ3) is 4.31. The van der Waals surface area contributed by atoms with Crippen LogP contribution in [-0.2, 0) is 0 Å². The first-order valence-corrected chi connectivity index (χ1v) is 5.66. The fraction of sp³-hybridized carbons (Fsp3) is 0.400. The van der Waals surface area contributed by atoms with E-state index in [4.69, 9.17) is 11.6 Å². The van der Waals surface area contributed by atoms with Gasteiger partial charge in [-0.05, 0) is 40.0 Å². The Morgan fingerprint density at radius 1 is 1.38 bits per heavy atom. The molecule has 0 heterocycles. The molecule has 1 nitrogen and oxygen atoms in total. The van der Waals surface area contributed by atoms with Crippen molar-refractivity contribution < 1.29 is 18.3 Å². The van der Waals surface area contributed by atoms with Gasteiger partial charge in [0, 0.05) is 10.9 Å². The van der Waals surface area contributed by atoms with Crippen molar-refractivity contribution in [2.24, 2.45) is 0 Å². The highest BCUT2D eigenvalue weighted by Crippen LogP contribution is 2.30. The second-order valence-corrected chi connectivity index (χ2v) is 4.60. The van der Waals surface area contributed by atoms with Crippen molar-refractivity contribution in [3.63, 3.8) is 0 Å². The van der Waals surface area contributed by atoms with E-state index in [1.54, 1.807) is 6.07 Å². The Kier molecular flexibility index (Phi) is 4.64. The van der Waals surface area contributed by atoms with Gasteiger partial charge in [0.25, 0.3) is 0 Å². The minimum absolute atomic E-state index is 0.360. The smallest absolute Gasteiger partial charge is 0.388 e. The van der Waals surface area contributed by atoms with Crippen LogP contribution >= 0.6 is 27.5 Å². The van der Waals surface area contributed by atoms with Gasteiger partial charge in [0.15, 0.2) is 0 Å². The molecule has 16 heavy (non-hydrogen) atoms. The van der Waals surface area contributed by atoms with Crippen molar-refractivity contribution in [1.29, 1.82) is 0 Å². The van der Waals surface area contributed by atoms with Crippen LogP contribution in [0.3, 0.4) is 0 Å². The van der Waals surface area contributed by atoms with Gasteiger partial charge in [-0.1, -0.05) is 17.7 Å². The number of aliphatic hydroxyl groups is 1. The van der Waals surface area contributed by atoms with Gasteiger partial charge in [-0.2, -0.15) is 13.2 Å². The zero-order valence-electron chi connectivity index (χ0n) is 8.06. The first kappa shape index (κ1) is 13.8. The van der Waals surface area contributed by atoms with Crippen LogP contribution in [0.1, 0.15) is 24.5 Å². The van der Waals surface area contributed by atoms with Crippen LogP contribution in [0.15, 0.2) is 22.7 Å². The van der Waals surface area contributed by atoms with Crippen LogP contribution < -0.4 is 0 Å². The van der Waals surface area contributed by atoms with E-state index in [0.717, 1.165) is 0 Å². The van der Waals surface area contributed by atoms with Crippen LogP contribution in [-0.4, -0.2) is 11.3 Å². The molecule has 0 spiro atoms. The SMILES string of the molecule is OC(CCC(F)(F)F)c1ccc(Br)c(Cl)c1. The highest BCUT2D eigenvalue weighted by molar-refractivity contribution is 9.10. The molecular formula is C10H9BrClF3O. The quantitative estimate of drug-likeness (QED) is 0.871. The van der Waals surface area contributed by atoms with Crippen LogP contribution in [0.2, 0.25) is 5.02 Å². The Labute approximate surface area is 104 Å². The molecule has 0 amide bonds. The lowest BCUT2D eigenvalue weighted by atomic mass is 10.1. The van der Waals surface area contributed by atoms with Crippen molar-refractivity contribution in [2.75, 3.05) is 0 Å². The van der Waals surface area contributed by atoms with Gasteiger partial charge in [-0.3, -0.25) is 0 Å². The number of benzene rings is 1. The molecular weight excluding hydrogens is 308 g/mol. The van der Waals surface area contributed by atoms with Crippen molar-refractivity contribution >= 4 is 27.5 Å². The lowest BCUT2D eigenvalue weighted by molar-refractivity contribution is -0.140. The number of halogens is 5. The third-order valence-corrected chi connectivity index (χ3v) is 3.26. The Morgan fingerprint density at radius 3 is 2.50 bits per heavy atom. The average Bonchev–Trinajstić information content (AvgIpc) is 2.17. The van der Waals surface area contributed by atoms with Gasteiger partial charge < -0.3 is 5.11 Å². The van der Waals surface area contributed by atoms with Gasteiger partial charge in [-0.15, -0.1) is 0 Å². The van der Waals surface area contributed by atoms with Crippen LogP contribution in [0.5, 0.6) is 0 Å². The molecule has 1 N–H and O–H groups in total. The van der Waals surface area contributed by atoms with Gasteiger partial charge >= 0.3 is 6.18 Å². The van der Waals surface area contributed by atoms with Gasteiger partial charge in [0.1, 0.15) is 0 Å². The highest BCUT2D eigenvalue weighted by Gasteiger charge is 2.28. The summed E-state index contributed by atoms with van der Waals surface area (Å²) in [5.74, 6) is 0. The fourth-order valence-electron chi connectivity index (χ4n) is 1.19. The monoisotopic (exact) mass is 316 g/mol. The van der Waals surface area contributed by atoms with E-state index in [1.807, 2.05) is 0 Å². The van der Waals surface area contributed by atoms with E-state index in [1.165, 1.54) is 12.1 Å². The van der Waals surface area contributed by atoms with Crippen LogP contribution in [0, 0.1) is 0 Å². The molecule has 6 heteroatoms. The molecule has 0 bridgehead atoms. The van der Waals surface area contributed by atoms with E-state index in [-0.39, 0.29) is 6.42 Å². The normalized spacial score (nSPS) is 13.9. The highest BCUT2D eigenvalue weighted by atomic mass is 79.9. The summed E-state index contributed by atoms with van der Waals surface area (Å²) in [4.78, 5) is 0. The minimum atomic E-state index is -4.25. The fourth-order valence-corrected chi connectivity index (χ4v) is 1.62. The summed E-state index contributed by atoms with van der Waals surface area (Å²) in [7, 11) is 0. The molecule has 1 aromatic carbocycles. The Hall–Kier alpha value is -0.260. The summed E-state index contributed by atoms with van der Waals surface area (Å²) < 4.78 is 36.4. The maximum atomic E-state index is 11.9. The topological polar surface area (TPSA) is 20.2 Å². The molecule has 0 aliphatic rings. The lowest BCUT2D eigenvalue weighted by Crippen LogP contribution is -2.10. The predicted molar refractivity (Wildman–Crippen MR) is 59.4 cm³/mol. The zero-order valence-corrected chi connectivity index (χ0v) is 10.4. The average molecular weight is 318 g/mol. The zero-order chi connectivity index (χ0) is 12.3. The molecule has 1 aromatic rings. The Bertz CT molecular complexity index is 368. The summed E-state index contributed by atoms with van der Waals surface area (Å²) in [5, 5.41) is 9.89. The molecule has 0 radical (unpaired) electrons. The lowest BCUT2D eigenvalue weighted by Gasteiger charge is -2.13. The molecule has 0 saturated carbocycles. The molecule has 0 aliphatic heterocycles. The summed E-state index contributed by atoms with van der Waals surface area (Å²) in [6, 6.07) is 4.58. The molecule has 0 fully saturated rings. The van der Waals surface area contributed by atoms with Crippen LogP contribution in [0.4, 0.5) is 13.2 Å². The van der Waals surface area contributed by atoms with E-state index in [0.29, 0.717) is 15.1 Å². The molecule has 1 atom stereocenters. The summed E-state index contributed by atoms with van der Waals surface area (Å²) in [6.45, 7) is 0. The van der Waals surface area contributed by atoms with E-state index in [9.17, 15) is 18.3 Å². The number of rotatable bonds is 3. The van der Waals surface area contributed by atoms with E-state index < -0.39 is 18.7 Å². The number of alkyl halides is 3. The third-order valence-electron chi connectivity index (χ3n) is 2.03. The van der Waals surface area contributed by atoms with Gasteiger partial charge in [0.05, 0.1) is 11.1 Å². The Morgan fingerprint density at radius 2 is 2.00 bits per heavy atom. The molecule has 0 aromatic heterocycles. The summed E-state index contributed by atoms with van der Waals surface area (Å²) >= 11 is 8.92. The molecule has 1 rings (SSSR count). The molecule has 1 unspecified atom stereocenters. The summed E-state index contributed by atoms with van der Waals surface area (Å²) in [6.07, 6.45) is -6.77.